The lowest BCUT2D eigenvalue weighted by atomic mass is 9.79. The molecular formula is C54H64N6O5S. The summed E-state index contributed by atoms with van der Waals surface area (Å²) in [5.74, 6) is 4.22. The number of phenols is 1. The SMILES string of the molecule is CCN(Cc1ccc(CCN2CCC(OCCOCCOc3ccc(C4=NC(C)c5nnc(C)n5-c5sc(C)c(C)c54)cc3)C2)cc1)c1cc(OC)ccc1C1CCc2cc(O)ccc2C1. The second-order valence-electron chi connectivity index (χ2n) is 18.0. The predicted octanol–water partition coefficient (Wildman–Crippen LogP) is 9.91. The molecule has 0 radical (unpaired) electrons. The van der Waals surface area contributed by atoms with Gasteiger partial charge < -0.3 is 33.9 Å². The van der Waals surface area contributed by atoms with Crippen LogP contribution in [0.15, 0.2) is 89.9 Å². The minimum absolute atomic E-state index is 0.114. The van der Waals surface area contributed by atoms with Gasteiger partial charge in [0.05, 0.1) is 38.7 Å². The van der Waals surface area contributed by atoms with Crippen molar-refractivity contribution < 1.29 is 24.1 Å². The molecule has 3 aliphatic rings. The molecule has 9 rings (SSSR count). The van der Waals surface area contributed by atoms with Gasteiger partial charge in [-0.15, -0.1) is 21.5 Å². The van der Waals surface area contributed by atoms with Gasteiger partial charge in [0.1, 0.15) is 40.7 Å². The van der Waals surface area contributed by atoms with Gasteiger partial charge in [-0.1, -0.05) is 36.4 Å². The highest BCUT2D eigenvalue weighted by atomic mass is 32.1. The summed E-state index contributed by atoms with van der Waals surface area (Å²) in [6, 6.07) is 29.7. The van der Waals surface area contributed by atoms with Crippen LogP contribution in [0.1, 0.15) is 99.7 Å². The van der Waals surface area contributed by atoms with Crippen LogP contribution in [-0.4, -0.2) is 96.3 Å². The van der Waals surface area contributed by atoms with Crippen molar-refractivity contribution in [2.45, 2.75) is 91.3 Å². The van der Waals surface area contributed by atoms with E-state index in [0.717, 1.165) is 110 Å². The van der Waals surface area contributed by atoms with E-state index in [4.69, 9.17) is 23.9 Å². The summed E-state index contributed by atoms with van der Waals surface area (Å²) >= 11 is 1.77. The molecule has 4 heterocycles. The molecule has 2 aromatic heterocycles. The number of aliphatic imine (C=N–C) groups is 1. The summed E-state index contributed by atoms with van der Waals surface area (Å²) in [6.45, 7) is 17.5. The van der Waals surface area contributed by atoms with E-state index in [1.807, 2.05) is 31.2 Å². The van der Waals surface area contributed by atoms with Crippen molar-refractivity contribution in [3.8, 4) is 22.2 Å². The van der Waals surface area contributed by atoms with Gasteiger partial charge in [0.15, 0.2) is 5.82 Å². The number of benzene rings is 4. The lowest BCUT2D eigenvalue weighted by molar-refractivity contribution is 0.00324. The first-order valence-corrected chi connectivity index (χ1v) is 24.5. The minimum Gasteiger partial charge on any atom is -0.508 e. The molecule has 1 saturated heterocycles. The molecule has 3 unspecified atom stereocenters. The molecule has 12 heteroatoms. The van der Waals surface area contributed by atoms with E-state index in [0.29, 0.717) is 38.1 Å². The van der Waals surface area contributed by atoms with Crippen LogP contribution in [0.4, 0.5) is 5.69 Å². The Morgan fingerprint density at radius 3 is 2.44 bits per heavy atom. The summed E-state index contributed by atoms with van der Waals surface area (Å²) in [6.07, 6.45) is 5.33. The highest BCUT2D eigenvalue weighted by Gasteiger charge is 2.30. The van der Waals surface area contributed by atoms with Crippen molar-refractivity contribution in [2.75, 3.05) is 64.6 Å². The Balaban J connectivity index is 0.685. The fourth-order valence-corrected chi connectivity index (χ4v) is 11.1. The number of likely N-dealkylation sites (tertiary alicyclic amines) is 1. The molecule has 1 aliphatic carbocycles. The van der Waals surface area contributed by atoms with Crippen LogP contribution in [0.5, 0.6) is 17.2 Å². The zero-order valence-corrected chi connectivity index (χ0v) is 40.2. The van der Waals surface area contributed by atoms with E-state index in [9.17, 15) is 5.11 Å². The number of hydrogen-bond donors (Lipinski definition) is 1. The van der Waals surface area contributed by atoms with Crippen molar-refractivity contribution in [1.29, 1.82) is 0 Å². The molecule has 0 spiro atoms. The van der Waals surface area contributed by atoms with Gasteiger partial charge in [-0.25, -0.2) is 0 Å². The van der Waals surface area contributed by atoms with Gasteiger partial charge in [0.25, 0.3) is 0 Å². The molecule has 11 nitrogen and oxygen atoms in total. The predicted molar refractivity (Wildman–Crippen MR) is 264 cm³/mol. The normalized spacial score (nSPS) is 18.0. The number of rotatable bonds is 18. The van der Waals surface area contributed by atoms with E-state index in [-0.39, 0.29) is 12.1 Å². The van der Waals surface area contributed by atoms with E-state index in [1.165, 1.54) is 43.9 Å². The minimum atomic E-state index is -0.114. The van der Waals surface area contributed by atoms with Crippen LogP contribution in [0.3, 0.4) is 0 Å². The number of hydrogen-bond acceptors (Lipinski definition) is 11. The van der Waals surface area contributed by atoms with E-state index in [1.54, 1.807) is 18.4 Å². The Morgan fingerprint density at radius 1 is 0.848 bits per heavy atom. The largest absolute Gasteiger partial charge is 0.508 e. The molecule has 66 heavy (non-hydrogen) atoms. The maximum atomic E-state index is 10.0. The molecule has 3 atom stereocenters. The monoisotopic (exact) mass is 908 g/mol. The third kappa shape index (κ3) is 10.1. The fraction of sp³-hybridized carbons (Fsp3) is 0.426. The Hall–Kier alpha value is -5.53. The van der Waals surface area contributed by atoms with Crippen molar-refractivity contribution in [3.63, 3.8) is 0 Å². The number of ether oxygens (including phenoxy) is 4. The lowest BCUT2D eigenvalue weighted by Crippen LogP contribution is -2.26. The van der Waals surface area contributed by atoms with E-state index in [2.05, 4.69) is 113 Å². The van der Waals surface area contributed by atoms with Crippen molar-refractivity contribution in [2.24, 2.45) is 4.99 Å². The quantitative estimate of drug-likeness (QED) is 0.0844. The number of aryl methyl sites for hydroxylation is 3. The highest BCUT2D eigenvalue weighted by molar-refractivity contribution is 7.15. The lowest BCUT2D eigenvalue weighted by Gasteiger charge is -2.32. The second kappa shape index (κ2) is 20.5. The number of aromatic hydroxyl groups is 1. The Morgan fingerprint density at radius 2 is 1.64 bits per heavy atom. The molecule has 1 N–H and O–H groups in total. The molecule has 4 aromatic carbocycles. The summed E-state index contributed by atoms with van der Waals surface area (Å²) in [5, 5.41) is 20.0. The number of phenolic OH excluding ortho intramolecular Hbond substituents is 1. The maximum Gasteiger partial charge on any atom is 0.162 e. The summed E-state index contributed by atoms with van der Waals surface area (Å²) in [7, 11) is 1.74. The fourth-order valence-electron chi connectivity index (χ4n) is 9.88. The second-order valence-corrected chi connectivity index (χ2v) is 19.2. The standard InChI is InChI=1S/C54H64N6O5S/c1-7-59(50-32-47(62-6)20-21-49(50)44-13-12-43-31-45(61)17-14-42(43)30-44)33-40-10-8-39(9-11-40)22-24-58-25-23-48(34-58)65-29-27-63-26-28-64-46-18-15-41(16-19-46)52-51-35(2)37(4)66-54(51)60-38(5)56-57-53(60)36(3)55-52/h8-11,14-21,31-32,36,44,48,61H,7,12-13,22-30,33-34H2,1-6H3. The molecule has 0 saturated carbocycles. The third-order valence-electron chi connectivity index (χ3n) is 13.7. The number of anilines is 1. The van der Waals surface area contributed by atoms with E-state index >= 15 is 0 Å². The first-order valence-electron chi connectivity index (χ1n) is 23.7. The first-order chi connectivity index (χ1) is 32.1. The van der Waals surface area contributed by atoms with Crippen LogP contribution in [0, 0.1) is 20.8 Å². The van der Waals surface area contributed by atoms with Gasteiger partial charge >= 0.3 is 0 Å². The summed E-state index contributed by atoms with van der Waals surface area (Å²) in [4.78, 5) is 11.4. The first kappa shape index (κ1) is 45.6. The number of methoxy groups -OCH3 is 1. The van der Waals surface area contributed by atoms with Crippen molar-refractivity contribution >= 4 is 22.7 Å². The van der Waals surface area contributed by atoms with Gasteiger partial charge in [-0.2, -0.15) is 0 Å². The number of fused-ring (bicyclic) bond motifs is 4. The van der Waals surface area contributed by atoms with Crippen LogP contribution < -0.4 is 14.4 Å². The maximum absolute atomic E-state index is 10.0. The smallest absolute Gasteiger partial charge is 0.162 e. The average Bonchev–Trinajstić information content (AvgIpc) is 4.02. The Labute approximate surface area is 394 Å². The average molecular weight is 909 g/mol. The van der Waals surface area contributed by atoms with Crippen LogP contribution in [-0.2, 0) is 35.3 Å². The summed E-state index contributed by atoms with van der Waals surface area (Å²) < 4.78 is 26.0. The van der Waals surface area contributed by atoms with Crippen LogP contribution >= 0.6 is 11.3 Å². The van der Waals surface area contributed by atoms with Gasteiger partial charge in [-0.3, -0.25) is 9.56 Å². The Bertz CT molecular complexity index is 2640. The molecule has 0 amide bonds. The van der Waals surface area contributed by atoms with Crippen molar-refractivity contribution in [3.05, 3.63) is 146 Å². The number of nitrogens with zero attached hydrogens (tertiary/aromatic N) is 6. The van der Waals surface area contributed by atoms with Crippen LogP contribution in [0.2, 0.25) is 0 Å². The third-order valence-corrected chi connectivity index (χ3v) is 14.9. The summed E-state index contributed by atoms with van der Waals surface area (Å²) in [5.41, 5.74) is 12.3. The zero-order chi connectivity index (χ0) is 45.7. The topological polar surface area (TPSA) is 107 Å². The van der Waals surface area contributed by atoms with Crippen molar-refractivity contribution in [1.82, 2.24) is 19.7 Å². The molecule has 346 valence electrons. The molecule has 6 aromatic rings. The zero-order valence-electron chi connectivity index (χ0n) is 39.4. The number of thiophene rings is 1. The molecule has 1 fully saturated rings. The Kier molecular flexibility index (Phi) is 14.2. The molecule has 0 bridgehead atoms. The highest BCUT2D eigenvalue weighted by Crippen LogP contribution is 2.41. The van der Waals surface area contributed by atoms with Gasteiger partial charge in [0.2, 0.25) is 0 Å². The van der Waals surface area contributed by atoms with E-state index < -0.39 is 0 Å². The number of aromatic nitrogens is 3. The molecule has 2 aliphatic heterocycles. The van der Waals surface area contributed by atoms with Gasteiger partial charge in [-0.05, 0) is 148 Å². The molecular weight excluding hydrogens is 845 g/mol. The van der Waals surface area contributed by atoms with Crippen LogP contribution in [0.25, 0.3) is 5.00 Å². The van der Waals surface area contributed by atoms with Gasteiger partial charge in [0, 0.05) is 60.5 Å².